The van der Waals surface area contributed by atoms with E-state index in [0.29, 0.717) is 18.7 Å². The summed E-state index contributed by atoms with van der Waals surface area (Å²) in [7, 11) is 3.52. The molecule has 5 nitrogen and oxygen atoms in total. The molecule has 0 spiro atoms. The van der Waals surface area contributed by atoms with Crippen LogP contribution in [0.3, 0.4) is 0 Å². The number of amides is 2. The Kier molecular flexibility index (Phi) is 4.94. The predicted octanol–water partition coefficient (Wildman–Crippen LogP) is 2.55. The van der Waals surface area contributed by atoms with E-state index in [1.165, 1.54) is 0 Å². The van der Waals surface area contributed by atoms with Crippen molar-refractivity contribution in [1.29, 1.82) is 0 Å². The molecular weight excluding hydrogens is 372 g/mol. The maximum atomic E-state index is 12.8. The minimum absolute atomic E-state index is 0.0307. The number of fused-ring (bicyclic) bond motifs is 1. The van der Waals surface area contributed by atoms with Gasteiger partial charge in [-0.1, -0.05) is 15.9 Å². The van der Waals surface area contributed by atoms with Crippen LogP contribution in [0.15, 0.2) is 28.2 Å². The number of carbonyl (C=O) groups is 2. The van der Waals surface area contributed by atoms with Gasteiger partial charge in [0.1, 0.15) is 12.4 Å². The van der Waals surface area contributed by atoms with Crippen LogP contribution < -0.4 is 4.74 Å². The van der Waals surface area contributed by atoms with E-state index < -0.39 is 0 Å². The number of likely N-dealkylation sites (tertiary alicyclic amines) is 1. The van der Waals surface area contributed by atoms with Gasteiger partial charge < -0.3 is 14.5 Å². The van der Waals surface area contributed by atoms with E-state index in [1.807, 2.05) is 24.3 Å². The maximum Gasteiger partial charge on any atom is 0.253 e. The van der Waals surface area contributed by atoms with E-state index in [1.54, 1.807) is 23.9 Å². The minimum atomic E-state index is -0.107. The smallest absolute Gasteiger partial charge is 0.253 e. The average Bonchev–Trinajstić information content (AvgIpc) is 2.59. The summed E-state index contributed by atoms with van der Waals surface area (Å²) in [6.45, 7) is 1.45. The first-order valence-corrected chi connectivity index (χ1v) is 8.88. The highest BCUT2D eigenvalue weighted by Crippen LogP contribution is 2.30. The molecule has 2 aliphatic heterocycles. The Morgan fingerprint density at radius 3 is 2.88 bits per heavy atom. The summed E-state index contributed by atoms with van der Waals surface area (Å²) >= 11 is 3.44. The van der Waals surface area contributed by atoms with Crippen LogP contribution in [0.5, 0.6) is 5.75 Å². The Bertz CT molecular complexity index is 700. The lowest BCUT2D eigenvalue weighted by Crippen LogP contribution is -2.46. The molecule has 2 amide bonds. The first-order valence-electron chi connectivity index (χ1n) is 8.09. The second-order valence-corrected chi connectivity index (χ2v) is 7.38. The second-order valence-electron chi connectivity index (χ2n) is 6.46. The molecule has 128 valence electrons. The van der Waals surface area contributed by atoms with Gasteiger partial charge in [0.15, 0.2) is 0 Å². The number of hydrogen-bond acceptors (Lipinski definition) is 3. The number of halogens is 1. The van der Waals surface area contributed by atoms with Gasteiger partial charge in [-0.05, 0) is 37.1 Å². The average molecular weight is 393 g/mol. The van der Waals surface area contributed by atoms with E-state index in [0.717, 1.165) is 28.6 Å². The number of ether oxygens (including phenoxy) is 1. The van der Waals surface area contributed by atoms with Crippen molar-refractivity contribution in [3.8, 4) is 5.75 Å². The monoisotopic (exact) mass is 392 g/mol. The van der Waals surface area contributed by atoms with Crippen LogP contribution in [0.1, 0.15) is 18.4 Å². The summed E-state index contributed by atoms with van der Waals surface area (Å²) in [5.74, 6) is 0.742. The van der Waals surface area contributed by atoms with Crippen molar-refractivity contribution < 1.29 is 14.3 Å². The Hall–Kier alpha value is -1.82. The van der Waals surface area contributed by atoms with Crippen molar-refractivity contribution >= 4 is 33.8 Å². The molecule has 1 aromatic rings. The van der Waals surface area contributed by atoms with Crippen LogP contribution in [0.25, 0.3) is 6.08 Å². The van der Waals surface area contributed by atoms with Crippen LogP contribution in [-0.4, -0.2) is 55.4 Å². The molecule has 0 aliphatic carbocycles. The van der Waals surface area contributed by atoms with E-state index in [4.69, 9.17) is 4.74 Å². The van der Waals surface area contributed by atoms with Crippen molar-refractivity contribution in [2.45, 2.75) is 12.8 Å². The number of hydrogen-bond donors (Lipinski definition) is 0. The number of rotatable bonds is 2. The molecule has 1 saturated heterocycles. The lowest BCUT2D eigenvalue weighted by Gasteiger charge is -2.34. The van der Waals surface area contributed by atoms with Crippen molar-refractivity contribution in [2.75, 3.05) is 33.8 Å². The van der Waals surface area contributed by atoms with Gasteiger partial charge in [-0.3, -0.25) is 9.59 Å². The van der Waals surface area contributed by atoms with Crippen molar-refractivity contribution in [2.24, 2.45) is 5.92 Å². The van der Waals surface area contributed by atoms with Gasteiger partial charge in [0.05, 0.1) is 11.5 Å². The summed E-state index contributed by atoms with van der Waals surface area (Å²) in [5, 5.41) is 0. The zero-order valence-corrected chi connectivity index (χ0v) is 15.5. The molecule has 0 unspecified atom stereocenters. The number of nitrogens with zero attached hydrogens (tertiary/aromatic N) is 2. The summed E-state index contributed by atoms with van der Waals surface area (Å²) in [5.41, 5.74) is 1.54. The third-order valence-corrected chi connectivity index (χ3v) is 4.95. The van der Waals surface area contributed by atoms with Crippen LogP contribution in [0.4, 0.5) is 0 Å². The largest absolute Gasteiger partial charge is 0.488 e. The normalized spacial score (nSPS) is 19.9. The van der Waals surface area contributed by atoms with E-state index in [-0.39, 0.29) is 24.3 Å². The van der Waals surface area contributed by atoms with E-state index >= 15 is 0 Å². The molecule has 1 atom stereocenters. The molecule has 0 saturated carbocycles. The highest BCUT2D eigenvalue weighted by molar-refractivity contribution is 9.10. The molecule has 0 N–H and O–H groups in total. The molecule has 3 rings (SSSR count). The molecule has 0 aromatic heterocycles. The molecule has 6 heteroatoms. The topological polar surface area (TPSA) is 49.9 Å². The van der Waals surface area contributed by atoms with Gasteiger partial charge >= 0.3 is 0 Å². The Morgan fingerprint density at radius 2 is 2.12 bits per heavy atom. The van der Waals surface area contributed by atoms with Crippen LogP contribution >= 0.6 is 15.9 Å². The summed E-state index contributed by atoms with van der Waals surface area (Å²) in [6.07, 6.45) is 3.59. The third-order valence-electron chi connectivity index (χ3n) is 4.46. The van der Waals surface area contributed by atoms with Crippen molar-refractivity contribution in [1.82, 2.24) is 9.80 Å². The summed E-state index contributed by atoms with van der Waals surface area (Å²) < 4.78 is 6.65. The number of piperidine rings is 1. The van der Waals surface area contributed by atoms with Gasteiger partial charge in [-0.2, -0.15) is 0 Å². The van der Waals surface area contributed by atoms with Gasteiger partial charge in [0.2, 0.25) is 5.91 Å². The molecule has 0 radical (unpaired) electrons. The second kappa shape index (κ2) is 6.97. The van der Waals surface area contributed by atoms with Crippen molar-refractivity contribution in [3.63, 3.8) is 0 Å². The van der Waals surface area contributed by atoms with Gasteiger partial charge in [-0.15, -0.1) is 0 Å². The predicted molar refractivity (Wildman–Crippen MR) is 95.6 cm³/mol. The summed E-state index contributed by atoms with van der Waals surface area (Å²) in [4.78, 5) is 28.4. The Labute approximate surface area is 150 Å². The lowest BCUT2D eigenvalue weighted by atomic mass is 9.95. The zero-order valence-electron chi connectivity index (χ0n) is 13.9. The fraction of sp³-hybridized carbons (Fsp3) is 0.444. The van der Waals surface area contributed by atoms with E-state index in [2.05, 4.69) is 15.9 Å². The summed E-state index contributed by atoms with van der Waals surface area (Å²) in [6, 6.07) is 5.75. The fourth-order valence-corrected chi connectivity index (χ4v) is 3.58. The Morgan fingerprint density at radius 1 is 1.33 bits per heavy atom. The molecular formula is C18H21BrN2O3. The molecule has 2 aliphatic rings. The first kappa shape index (κ1) is 17.0. The molecule has 1 fully saturated rings. The van der Waals surface area contributed by atoms with Crippen LogP contribution in [0, 0.1) is 5.92 Å². The fourth-order valence-electron chi connectivity index (χ4n) is 3.20. The highest BCUT2D eigenvalue weighted by Gasteiger charge is 2.31. The number of carbonyl (C=O) groups excluding carboxylic acids is 2. The highest BCUT2D eigenvalue weighted by atomic mass is 79.9. The zero-order chi connectivity index (χ0) is 17.3. The molecule has 1 aromatic carbocycles. The Balaban J connectivity index is 1.76. The van der Waals surface area contributed by atoms with Gasteiger partial charge in [0, 0.05) is 37.2 Å². The minimum Gasteiger partial charge on any atom is -0.488 e. The van der Waals surface area contributed by atoms with Crippen LogP contribution in [0.2, 0.25) is 0 Å². The maximum absolute atomic E-state index is 12.8. The lowest BCUT2D eigenvalue weighted by molar-refractivity contribution is -0.137. The third kappa shape index (κ3) is 3.48. The standard InChI is InChI=1S/C18H21BrN2O3/c1-20(2)17(22)12-4-3-7-21(10-12)18(23)14-8-13-9-15(19)5-6-16(13)24-11-14/h5-6,8-9,12H,3-4,7,10-11H2,1-2H3/t12-/m1/s1. The first-order chi connectivity index (χ1) is 11.5. The van der Waals surface area contributed by atoms with Crippen LogP contribution in [-0.2, 0) is 9.59 Å². The molecule has 2 heterocycles. The van der Waals surface area contributed by atoms with E-state index in [9.17, 15) is 9.59 Å². The SMILES string of the molecule is CN(C)C(=O)[C@@H]1CCCN(C(=O)C2=Cc3cc(Br)ccc3OC2)C1. The quantitative estimate of drug-likeness (QED) is 0.776. The molecule has 0 bridgehead atoms. The number of benzene rings is 1. The van der Waals surface area contributed by atoms with Gasteiger partial charge in [0.25, 0.3) is 5.91 Å². The van der Waals surface area contributed by atoms with Gasteiger partial charge in [-0.25, -0.2) is 0 Å². The van der Waals surface area contributed by atoms with Crippen molar-refractivity contribution in [3.05, 3.63) is 33.8 Å². The molecule has 24 heavy (non-hydrogen) atoms.